The van der Waals surface area contributed by atoms with E-state index in [0.717, 1.165) is 29.5 Å². The number of allylic oxidation sites excluding steroid dienone is 1. The normalized spacial score (nSPS) is 20.9. The molecule has 1 aliphatic carbocycles. The van der Waals surface area contributed by atoms with Crippen LogP contribution in [-0.4, -0.2) is 31.8 Å². The lowest BCUT2D eigenvalue weighted by atomic mass is 9.86. The number of halogens is 1. The summed E-state index contributed by atoms with van der Waals surface area (Å²) in [5, 5.41) is 3.56. The summed E-state index contributed by atoms with van der Waals surface area (Å²) in [5.74, 6) is 0.346. The maximum absolute atomic E-state index is 4.78. The summed E-state index contributed by atoms with van der Waals surface area (Å²) in [6.07, 6.45) is 6.42. The molecule has 1 saturated carbocycles. The Morgan fingerprint density at radius 3 is 2.63 bits per heavy atom. The first kappa shape index (κ1) is 24.2. The monoisotopic (exact) mass is 542 g/mol. The van der Waals surface area contributed by atoms with Crippen LogP contribution in [0.3, 0.4) is 0 Å². The second-order valence-electron chi connectivity index (χ2n) is 9.54. The molecule has 178 valence electrons. The molecule has 1 aliphatic rings. The molecule has 0 amide bonds. The van der Waals surface area contributed by atoms with Gasteiger partial charge in [-0.25, -0.2) is 0 Å². The minimum absolute atomic E-state index is 0.0377. The number of nitrogens with zero attached hydrogens (tertiary/aromatic N) is 2. The Morgan fingerprint density at radius 2 is 1.86 bits per heavy atom. The van der Waals surface area contributed by atoms with Crippen molar-refractivity contribution in [1.29, 1.82) is 0 Å². The molecule has 5 rings (SSSR count). The lowest BCUT2D eigenvalue weighted by molar-refractivity contribution is 0.376. The van der Waals surface area contributed by atoms with E-state index in [1.54, 1.807) is 0 Å². The predicted octanol–water partition coefficient (Wildman–Crippen LogP) is 8.85. The van der Waals surface area contributed by atoms with Crippen molar-refractivity contribution in [3.63, 3.8) is 0 Å². The quantitative estimate of drug-likeness (QED) is 0.203. The molecule has 3 aromatic carbocycles. The number of aliphatic imine (C=N–C) groups is 1. The topological polar surface area (TPSA) is 15.6 Å². The number of hydrogen-bond acceptors (Lipinski definition) is 3. The minimum Gasteiger partial charge on any atom is -0.309 e. The standard InChI is InChI=1S/C31H31BrN2S/c1-4-17-33-28-14-13-25(32)20-24(28)21-27-29(22-9-6-5-7-10-22)31(27,16-18-34(2)3)26-12-8-11-23-15-19-35-30(23)26/h5-15,17,19-21,29H,4,16,18H2,1-3H3/b27-21-,33-17+. The van der Waals surface area contributed by atoms with Crippen LogP contribution < -0.4 is 0 Å². The van der Waals surface area contributed by atoms with E-state index >= 15 is 0 Å². The maximum Gasteiger partial charge on any atom is 0.0698 e. The van der Waals surface area contributed by atoms with Crippen molar-refractivity contribution in [3.05, 3.63) is 105 Å². The third-order valence-corrected chi connectivity index (χ3v) is 8.45. The second-order valence-corrected chi connectivity index (χ2v) is 11.4. The molecule has 1 heterocycles. The molecule has 0 spiro atoms. The lowest BCUT2D eigenvalue weighted by Gasteiger charge is -2.21. The zero-order valence-corrected chi connectivity index (χ0v) is 22.9. The van der Waals surface area contributed by atoms with Gasteiger partial charge in [-0.1, -0.05) is 77.5 Å². The van der Waals surface area contributed by atoms with Gasteiger partial charge in [0.1, 0.15) is 0 Å². The van der Waals surface area contributed by atoms with Crippen molar-refractivity contribution in [2.45, 2.75) is 31.1 Å². The van der Waals surface area contributed by atoms with Crippen LogP contribution >= 0.6 is 27.3 Å². The van der Waals surface area contributed by atoms with Crippen molar-refractivity contribution < 1.29 is 0 Å². The molecule has 2 unspecified atom stereocenters. The fourth-order valence-corrected chi connectivity index (χ4v) is 6.69. The average molecular weight is 544 g/mol. The Kier molecular flexibility index (Phi) is 7.06. The van der Waals surface area contributed by atoms with Crippen LogP contribution in [0, 0.1) is 0 Å². The van der Waals surface area contributed by atoms with E-state index in [1.807, 2.05) is 17.6 Å². The van der Waals surface area contributed by atoms with E-state index in [4.69, 9.17) is 4.99 Å². The van der Waals surface area contributed by atoms with Crippen LogP contribution in [0.5, 0.6) is 0 Å². The first-order valence-electron chi connectivity index (χ1n) is 12.2. The molecule has 2 nitrogen and oxygen atoms in total. The molecule has 0 radical (unpaired) electrons. The Hall–Kier alpha value is -2.53. The molecule has 1 aromatic heterocycles. The van der Waals surface area contributed by atoms with Crippen LogP contribution in [-0.2, 0) is 5.41 Å². The van der Waals surface area contributed by atoms with Crippen molar-refractivity contribution in [1.82, 2.24) is 4.90 Å². The van der Waals surface area contributed by atoms with E-state index in [0.29, 0.717) is 5.92 Å². The number of rotatable bonds is 8. The number of thiophene rings is 1. The first-order chi connectivity index (χ1) is 17.0. The fourth-order valence-electron chi connectivity index (χ4n) is 5.32. The van der Waals surface area contributed by atoms with Crippen LogP contribution in [0.2, 0.25) is 0 Å². The van der Waals surface area contributed by atoms with E-state index in [1.165, 1.54) is 32.3 Å². The predicted molar refractivity (Wildman–Crippen MR) is 156 cm³/mol. The second kappa shape index (κ2) is 10.2. The van der Waals surface area contributed by atoms with Gasteiger partial charge in [0, 0.05) is 32.3 Å². The third-order valence-electron chi connectivity index (χ3n) is 6.99. The molecule has 0 aliphatic heterocycles. The number of hydrogen-bond donors (Lipinski definition) is 0. The Morgan fingerprint density at radius 1 is 1.03 bits per heavy atom. The Balaban J connectivity index is 1.74. The van der Waals surface area contributed by atoms with E-state index < -0.39 is 0 Å². The van der Waals surface area contributed by atoms with E-state index in [2.05, 4.69) is 126 Å². The summed E-state index contributed by atoms with van der Waals surface area (Å²) in [6.45, 7) is 3.16. The molecule has 4 aromatic rings. The summed E-state index contributed by atoms with van der Waals surface area (Å²) in [6, 6.07) is 26.5. The van der Waals surface area contributed by atoms with Crippen LogP contribution in [0.25, 0.3) is 16.2 Å². The first-order valence-corrected chi connectivity index (χ1v) is 13.9. The maximum atomic E-state index is 4.78. The van der Waals surface area contributed by atoms with Crippen molar-refractivity contribution in [2.75, 3.05) is 20.6 Å². The van der Waals surface area contributed by atoms with Gasteiger partial charge in [-0.3, -0.25) is 4.99 Å². The minimum atomic E-state index is -0.0377. The SMILES string of the molecule is CC/C=N/c1ccc(Br)cc1/C=C1/C(c2ccccc2)C1(CCN(C)C)c1cccc2ccsc12. The van der Waals surface area contributed by atoms with Crippen LogP contribution in [0.4, 0.5) is 5.69 Å². The van der Waals surface area contributed by atoms with Crippen LogP contribution in [0.1, 0.15) is 42.4 Å². The summed E-state index contributed by atoms with van der Waals surface area (Å²) in [4.78, 5) is 7.09. The van der Waals surface area contributed by atoms with Gasteiger partial charge in [-0.2, -0.15) is 0 Å². The summed E-state index contributed by atoms with van der Waals surface area (Å²) >= 11 is 5.56. The molecular weight excluding hydrogens is 512 g/mol. The molecule has 4 heteroatoms. The van der Waals surface area contributed by atoms with Gasteiger partial charge < -0.3 is 4.90 Å². The molecule has 0 N–H and O–H groups in total. The van der Waals surface area contributed by atoms with E-state index in [-0.39, 0.29) is 5.41 Å². The Bertz CT molecular complexity index is 1390. The largest absolute Gasteiger partial charge is 0.309 e. The van der Waals surface area contributed by atoms with Gasteiger partial charge in [-0.05, 0) is 85.2 Å². The molecular formula is C31H31BrN2S. The molecule has 35 heavy (non-hydrogen) atoms. The smallest absolute Gasteiger partial charge is 0.0698 e. The highest BCUT2D eigenvalue weighted by atomic mass is 79.9. The number of fused-ring (bicyclic) bond motifs is 1. The van der Waals surface area contributed by atoms with Gasteiger partial charge in [0.15, 0.2) is 0 Å². The van der Waals surface area contributed by atoms with Crippen molar-refractivity contribution in [2.24, 2.45) is 4.99 Å². The fraction of sp³-hybridized carbons (Fsp3) is 0.258. The molecule has 2 atom stereocenters. The third kappa shape index (κ3) is 4.67. The molecule has 0 saturated heterocycles. The highest BCUT2D eigenvalue weighted by Gasteiger charge is 2.61. The highest BCUT2D eigenvalue weighted by molar-refractivity contribution is 9.10. The van der Waals surface area contributed by atoms with Gasteiger partial charge in [0.05, 0.1) is 5.69 Å². The molecule has 1 fully saturated rings. The zero-order chi connectivity index (χ0) is 24.4. The summed E-state index contributed by atoms with van der Waals surface area (Å²) < 4.78 is 2.49. The lowest BCUT2D eigenvalue weighted by Crippen LogP contribution is -2.21. The average Bonchev–Trinajstić information content (AvgIpc) is 3.22. The van der Waals surface area contributed by atoms with Gasteiger partial charge in [-0.15, -0.1) is 11.3 Å². The number of benzene rings is 3. The van der Waals surface area contributed by atoms with Crippen molar-refractivity contribution in [3.8, 4) is 0 Å². The zero-order valence-electron chi connectivity index (χ0n) is 20.5. The van der Waals surface area contributed by atoms with Gasteiger partial charge in [0.2, 0.25) is 0 Å². The Labute approximate surface area is 221 Å². The molecule has 0 bridgehead atoms. The van der Waals surface area contributed by atoms with Crippen molar-refractivity contribution >= 4 is 55.3 Å². The van der Waals surface area contributed by atoms with E-state index in [9.17, 15) is 0 Å². The van der Waals surface area contributed by atoms with Gasteiger partial charge >= 0.3 is 0 Å². The van der Waals surface area contributed by atoms with Crippen LogP contribution in [0.15, 0.2) is 93.2 Å². The summed E-state index contributed by atoms with van der Waals surface area (Å²) in [5.41, 5.74) is 6.49. The summed E-state index contributed by atoms with van der Waals surface area (Å²) in [7, 11) is 4.35. The van der Waals surface area contributed by atoms with Gasteiger partial charge in [0.25, 0.3) is 0 Å². The highest BCUT2D eigenvalue weighted by Crippen LogP contribution is 2.69.